The molecule has 2 aliphatic rings. The van der Waals surface area contributed by atoms with Gasteiger partial charge in [0.25, 0.3) is 10.0 Å². The minimum atomic E-state index is -5.08. The highest BCUT2D eigenvalue weighted by Gasteiger charge is 2.51. The van der Waals surface area contributed by atoms with Crippen molar-refractivity contribution < 1.29 is 36.3 Å². The summed E-state index contributed by atoms with van der Waals surface area (Å²) in [6.07, 6.45) is 2.88. The maximum atomic E-state index is 12.9. The highest BCUT2D eigenvalue weighted by molar-refractivity contribution is 7.92. The molecule has 4 rings (SSSR count). The van der Waals surface area contributed by atoms with Crippen LogP contribution in [0, 0.1) is 5.92 Å². The van der Waals surface area contributed by atoms with E-state index in [1.807, 2.05) is 24.3 Å². The fourth-order valence-corrected chi connectivity index (χ4v) is 5.73. The van der Waals surface area contributed by atoms with Crippen molar-refractivity contribution in [3.8, 4) is 0 Å². The number of carboxylic acid groups (broad SMARTS) is 1. The van der Waals surface area contributed by atoms with E-state index in [2.05, 4.69) is 23.9 Å². The second-order valence-electron chi connectivity index (χ2n) is 10.5. The molecule has 214 valence electrons. The van der Waals surface area contributed by atoms with Gasteiger partial charge in [0, 0.05) is 12.2 Å². The molecule has 0 saturated heterocycles. The van der Waals surface area contributed by atoms with Crippen LogP contribution >= 0.6 is 0 Å². The Hall–Kier alpha value is -3.08. The van der Waals surface area contributed by atoms with Crippen LogP contribution in [0.4, 0.5) is 18.9 Å². The summed E-state index contributed by atoms with van der Waals surface area (Å²) in [6, 6.07) is 14.3. The molecule has 0 heterocycles. The quantitative estimate of drug-likeness (QED) is 0.363. The Bertz CT molecular complexity index is 1230. The van der Waals surface area contributed by atoms with Crippen LogP contribution in [0.3, 0.4) is 0 Å². The number of carboxylic acids is 1. The lowest BCUT2D eigenvalue weighted by Crippen LogP contribution is -2.38. The van der Waals surface area contributed by atoms with Crippen LogP contribution in [0.15, 0.2) is 53.4 Å². The molecule has 0 atom stereocenters. The minimum absolute atomic E-state index is 0.113. The van der Waals surface area contributed by atoms with Gasteiger partial charge in [-0.05, 0) is 72.9 Å². The maximum absolute atomic E-state index is 12.9. The second kappa shape index (κ2) is 12.4. The predicted octanol–water partition coefficient (Wildman–Crippen LogP) is 5.97. The first-order valence-electron chi connectivity index (χ1n) is 13.1. The van der Waals surface area contributed by atoms with Crippen molar-refractivity contribution in [3.63, 3.8) is 0 Å². The molecule has 0 spiro atoms. The summed E-state index contributed by atoms with van der Waals surface area (Å²) < 4.78 is 59.9. The van der Waals surface area contributed by atoms with Gasteiger partial charge in [0.05, 0.1) is 10.3 Å². The number of rotatable bonds is 8. The van der Waals surface area contributed by atoms with Crippen LogP contribution in [0.1, 0.15) is 75.8 Å². The smallest absolute Gasteiger partial charge is 0.475 e. The lowest BCUT2D eigenvalue weighted by molar-refractivity contribution is -0.192. The molecule has 39 heavy (non-hydrogen) atoms. The number of carbonyl (C=O) groups is 2. The number of carbonyl (C=O) groups excluding carboxylic acids is 1. The van der Waals surface area contributed by atoms with E-state index in [-0.39, 0.29) is 10.8 Å². The Morgan fingerprint density at radius 1 is 0.974 bits per heavy atom. The van der Waals surface area contributed by atoms with E-state index in [9.17, 15) is 26.4 Å². The van der Waals surface area contributed by atoms with Crippen LogP contribution < -0.4 is 10.0 Å². The summed E-state index contributed by atoms with van der Waals surface area (Å²) >= 11 is 0. The van der Waals surface area contributed by atoms with E-state index in [0.717, 1.165) is 30.5 Å². The third-order valence-electron chi connectivity index (χ3n) is 7.25. The van der Waals surface area contributed by atoms with Crippen molar-refractivity contribution in [1.82, 2.24) is 5.32 Å². The molecule has 2 aromatic carbocycles. The zero-order valence-corrected chi connectivity index (χ0v) is 22.9. The molecule has 7 nitrogen and oxygen atoms in total. The third kappa shape index (κ3) is 8.20. The molecule has 0 radical (unpaired) electrons. The fourth-order valence-electron chi connectivity index (χ4n) is 4.67. The zero-order chi connectivity index (χ0) is 28.8. The van der Waals surface area contributed by atoms with Gasteiger partial charge in [-0.3, -0.25) is 9.52 Å². The summed E-state index contributed by atoms with van der Waals surface area (Å²) in [5.41, 5.74) is 2.12. The predicted molar refractivity (Wildman–Crippen MR) is 142 cm³/mol. The van der Waals surface area contributed by atoms with E-state index in [1.54, 1.807) is 24.3 Å². The number of hydrogen-bond donors (Lipinski definition) is 3. The molecule has 11 heteroatoms. The van der Waals surface area contributed by atoms with Gasteiger partial charge in [-0.2, -0.15) is 13.2 Å². The number of sulfonamides is 1. The number of alkyl halides is 3. The van der Waals surface area contributed by atoms with Gasteiger partial charge in [0.1, 0.15) is 0 Å². The van der Waals surface area contributed by atoms with Crippen molar-refractivity contribution in [3.05, 3.63) is 59.7 Å². The number of aliphatic carboxylic acids is 1. The summed E-state index contributed by atoms with van der Waals surface area (Å²) in [4.78, 5) is 22.1. The molecule has 0 bridgehead atoms. The monoisotopic (exact) mass is 568 g/mol. The summed E-state index contributed by atoms with van der Waals surface area (Å²) in [5, 5.41) is 10.3. The highest BCUT2D eigenvalue weighted by atomic mass is 32.2. The zero-order valence-electron chi connectivity index (χ0n) is 22.1. The average molecular weight is 569 g/mol. The van der Waals surface area contributed by atoms with Crippen molar-refractivity contribution in [1.29, 1.82) is 0 Å². The first-order chi connectivity index (χ1) is 18.2. The molecule has 3 N–H and O–H groups in total. The Balaban J connectivity index is 0.000000532. The number of nitrogens with one attached hydrogen (secondary N) is 2. The molecule has 0 aliphatic heterocycles. The van der Waals surface area contributed by atoms with Crippen LogP contribution in [0.25, 0.3) is 0 Å². The van der Waals surface area contributed by atoms with Gasteiger partial charge in [-0.1, -0.05) is 57.4 Å². The van der Waals surface area contributed by atoms with Gasteiger partial charge < -0.3 is 10.4 Å². The largest absolute Gasteiger partial charge is 0.490 e. The topological polar surface area (TPSA) is 113 Å². The normalized spacial score (nSPS) is 17.1. The molecule has 2 fully saturated rings. The number of anilines is 1. The van der Waals surface area contributed by atoms with Crippen molar-refractivity contribution >= 4 is 27.6 Å². The summed E-state index contributed by atoms with van der Waals surface area (Å²) in [5.74, 6) is -1.69. The summed E-state index contributed by atoms with van der Waals surface area (Å²) in [6.45, 7) is 4.92. The summed E-state index contributed by atoms with van der Waals surface area (Å²) in [7, 11) is -3.66. The first-order valence-corrected chi connectivity index (χ1v) is 14.5. The molecule has 2 aliphatic carbocycles. The maximum Gasteiger partial charge on any atom is 0.490 e. The van der Waals surface area contributed by atoms with Crippen LogP contribution in [0.2, 0.25) is 0 Å². The van der Waals surface area contributed by atoms with Gasteiger partial charge in [0.15, 0.2) is 0 Å². The van der Waals surface area contributed by atoms with Gasteiger partial charge >= 0.3 is 12.1 Å². The first kappa shape index (κ1) is 30.5. The van der Waals surface area contributed by atoms with Crippen LogP contribution in [-0.4, -0.2) is 38.1 Å². The van der Waals surface area contributed by atoms with Crippen molar-refractivity contribution in [2.24, 2.45) is 5.92 Å². The molecular weight excluding hydrogens is 533 g/mol. The van der Waals surface area contributed by atoms with Crippen LogP contribution in [0.5, 0.6) is 0 Å². The van der Waals surface area contributed by atoms with Crippen molar-refractivity contribution in [2.45, 2.75) is 81.2 Å². The van der Waals surface area contributed by atoms with Crippen LogP contribution in [-0.2, 0) is 25.0 Å². The molecule has 2 saturated carbocycles. The van der Waals surface area contributed by atoms with Gasteiger partial charge in [0.2, 0.25) is 5.91 Å². The van der Waals surface area contributed by atoms with E-state index in [1.165, 1.54) is 32.1 Å². The second-order valence-corrected chi connectivity index (χ2v) is 12.2. The average Bonchev–Trinajstić information content (AvgIpc) is 3.70. The van der Waals surface area contributed by atoms with Gasteiger partial charge in [-0.15, -0.1) is 0 Å². The molecule has 0 aromatic heterocycles. The standard InChI is InChI=1S/C26H34N2O3S.C2HF3O2/c1-19(2)21-8-14-24(15-9-21)32(30,31)28-23-12-10-22(11-13-23)26(16-17-26)25(29)27-18-20-6-4-3-5-7-20;3-2(4,5)1(6)7/h8-15,19-20,28H,3-7,16-18H2,1-2H3,(H,27,29);(H,6,7). The SMILES string of the molecule is CC(C)c1ccc(S(=O)(=O)Nc2ccc(C3(C(=O)NCC4CCCCC4)CC3)cc2)cc1.O=C(O)C(F)(F)F. The number of hydrogen-bond acceptors (Lipinski definition) is 4. The van der Waals surface area contributed by atoms with Crippen molar-refractivity contribution in [2.75, 3.05) is 11.3 Å². The minimum Gasteiger partial charge on any atom is -0.475 e. The van der Waals surface area contributed by atoms with E-state index in [0.29, 0.717) is 17.5 Å². The third-order valence-corrected chi connectivity index (χ3v) is 8.65. The van der Waals surface area contributed by atoms with Gasteiger partial charge in [-0.25, -0.2) is 13.2 Å². The molecule has 0 unspecified atom stereocenters. The van der Waals surface area contributed by atoms with E-state index in [4.69, 9.17) is 9.90 Å². The Morgan fingerprint density at radius 3 is 1.97 bits per heavy atom. The number of halogens is 3. The fraction of sp³-hybridized carbons (Fsp3) is 0.500. The Kier molecular flexibility index (Phi) is 9.69. The number of amides is 1. The molecule has 2 aromatic rings. The van der Waals surface area contributed by atoms with E-state index < -0.39 is 27.6 Å². The Labute approximate surface area is 227 Å². The van der Waals surface area contributed by atoms with E-state index >= 15 is 0 Å². The lowest BCUT2D eigenvalue weighted by atomic mass is 9.88. The molecule has 1 amide bonds. The highest BCUT2D eigenvalue weighted by Crippen LogP contribution is 2.48. The number of benzene rings is 2. The lowest BCUT2D eigenvalue weighted by Gasteiger charge is -2.23. The Morgan fingerprint density at radius 2 is 1.51 bits per heavy atom. The molecular formula is C28H35F3N2O5S.